The Morgan fingerprint density at radius 2 is 1.27 bits per heavy atom. The third kappa shape index (κ3) is 4.11. The highest BCUT2D eigenvalue weighted by Crippen LogP contribution is 2.33. The molecule has 2 unspecified atom stereocenters. The molecule has 2 N–H and O–H groups in total. The van der Waals surface area contributed by atoms with E-state index in [-0.39, 0.29) is 17.7 Å². The number of carbonyl (C=O) groups is 1. The summed E-state index contributed by atoms with van der Waals surface area (Å²) in [7, 11) is 0. The molecule has 0 bridgehead atoms. The molecule has 0 spiro atoms. The van der Waals surface area contributed by atoms with Crippen molar-refractivity contribution in [3.8, 4) is 0 Å². The fraction of sp³-hybridized carbons (Fsp3) is 0.833. The molecule has 4 heteroatoms. The van der Waals surface area contributed by atoms with Crippen LogP contribution in [0.4, 0.5) is 0 Å². The van der Waals surface area contributed by atoms with E-state index in [1.807, 2.05) is 0 Å². The summed E-state index contributed by atoms with van der Waals surface area (Å²) in [6, 6.07) is 0. The molecule has 2 aliphatic rings. The van der Waals surface area contributed by atoms with Crippen LogP contribution >= 0.6 is 0 Å². The third-order valence-corrected chi connectivity index (χ3v) is 5.31. The highest BCUT2D eigenvalue weighted by Gasteiger charge is 2.37. The van der Waals surface area contributed by atoms with Crippen molar-refractivity contribution in [3.05, 3.63) is 12.2 Å². The van der Waals surface area contributed by atoms with E-state index < -0.39 is 12.5 Å². The molecule has 2 fully saturated rings. The van der Waals surface area contributed by atoms with Gasteiger partial charge in [0.05, 0.1) is 0 Å². The minimum absolute atomic E-state index is 0.0790. The van der Waals surface area contributed by atoms with Crippen LogP contribution in [0.1, 0.15) is 71.1 Å². The van der Waals surface area contributed by atoms with Crippen LogP contribution in [0.2, 0.25) is 0 Å². The monoisotopic (exact) mass is 309 g/mol. The first-order valence-electron chi connectivity index (χ1n) is 8.86. The Kier molecular flexibility index (Phi) is 6.45. The van der Waals surface area contributed by atoms with Crippen molar-refractivity contribution in [2.45, 2.75) is 83.6 Å². The number of amides is 1. The van der Waals surface area contributed by atoms with Gasteiger partial charge in [-0.15, -0.1) is 0 Å². The van der Waals surface area contributed by atoms with Gasteiger partial charge in [-0.05, 0) is 32.6 Å². The van der Waals surface area contributed by atoms with Crippen LogP contribution in [0.25, 0.3) is 0 Å². The molecule has 0 aromatic heterocycles. The first-order chi connectivity index (χ1) is 10.5. The quantitative estimate of drug-likeness (QED) is 0.605. The van der Waals surface area contributed by atoms with Crippen molar-refractivity contribution in [1.29, 1.82) is 0 Å². The second kappa shape index (κ2) is 8.11. The summed E-state index contributed by atoms with van der Waals surface area (Å²) in [5.74, 6) is -0.151. The fourth-order valence-electron chi connectivity index (χ4n) is 3.94. The molecule has 1 amide bonds. The Labute approximate surface area is 134 Å². The molecule has 22 heavy (non-hydrogen) atoms. The minimum Gasteiger partial charge on any atom is -0.373 e. The van der Waals surface area contributed by atoms with Crippen molar-refractivity contribution in [3.63, 3.8) is 0 Å². The van der Waals surface area contributed by atoms with Gasteiger partial charge in [0.15, 0.2) is 0 Å². The smallest absolute Gasteiger partial charge is 0.252 e. The summed E-state index contributed by atoms with van der Waals surface area (Å²) >= 11 is 0. The zero-order valence-electron chi connectivity index (χ0n) is 13.8. The first kappa shape index (κ1) is 17.5. The first-order valence-corrected chi connectivity index (χ1v) is 8.86. The number of hydrogen-bond acceptors (Lipinski definition) is 3. The summed E-state index contributed by atoms with van der Waals surface area (Å²) in [5, 5.41) is 21.5. The molecule has 2 aliphatic carbocycles. The number of aliphatic hydroxyl groups excluding tert-OH is 2. The molecule has 0 radical (unpaired) electrons. The van der Waals surface area contributed by atoms with E-state index in [9.17, 15) is 15.0 Å². The summed E-state index contributed by atoms with van der Waals surface area (Å²) in [6.45, 7) is 5.37. The predicted molar refractivity (Wildman–Crippen MR) is 86.8 cm³/mol. The largest absolute Gasteiger partial charge is 0.373 e. The van der Waals surface area contributed by atoms with Crippen LogP contribution in [-0.2, 0) is 4.79 Å². The molecular weight excluding hydrogens is 278 g/mol. The molecule has 2 rings (SSSR count). The Balaban J connectivity index is 2.13. The second-order valence-corrected chi connectivity index (χ2v) is 7.12. The SMILES string of the molecule is C=C(C)C(=O)N(C(O)C1CCCCC1)C(O)C1CCCCC1. The average Bonchev–Trinajstić information content (AvgIpc) is 2.56. The van der Waals surface area contributed by atoms with Crippen LogP contribution in [0.5, 0.6) is 0 Å². The van der Waals surface area contributed by atoms with Gasteiger partial charge < -0.3 is 10.2 Å². The lowest BCUT2D eigenvalue weighted by Crippen LogP contribution is -2.53. The number of rotatable bonds is 5. The Morgan fingerprint density at radius 1 is 0.909 bits per heavy atom. The number of hydrogen-bond donors (Lipinski definition) is 2. The van der Waals surface area contributed by atoms with E-state index in [2.05, 4.69) is 6.58 Å². The molecule has 4 nitrogen and oxygen atoms in total. The molecule has 0 aromatic carbocycles. The van der Waals surface area contributed by atoms with Crippen molar-refractivity contribution < 1.29 is 15.0 Å². The predicted octanol–water partition coefficient (Wildman–Crippen LogP) is 3.19. The summed E-state index contributed by atoms with van der Waals surface area (Å²) in [5.41, 5.74) is 0.379. The molecule has 0 saturated heterocycles. The normalized spacial score (nSPS) is 23.8. The van der Waals surface area contributed by atoms with Crippen LogP contribution in [-0.4, -0.2) is 33.5 Å². The van der Waals surface area contributed by atoms with E-state index in [1.54, 1.807) is 6.92 Å². The third-order valence-electron chi connectivity index (χ3n) is 5.31. The van der Waals surface area contributed by atoms with Gasteiger partial charge in [-0.2, -0.15) is 0 Å². The van der Waals surface area contributed by atoms with Gasteiger partial charge >= 0.3 is 0 Å². The maximum atomic E-state index is 12.5. The molecule has 0 heterocycles. The number of nitrogens with zero attached hydrogens (tertiary/aromatic N) is 1. The highest BCUT2D eigenvalue weighted by molar-refractivity contribution is 5.92. The highest BCUT2D eigenvalue weighted by atomic mass is 16.3. The number of aliphatic hydroxyl groups is 2. The van der Waals surface area contributed by atoms with Crippen LogP contribution < -0.4 is 0 Å². The van der Waals surface area contributed by atoms with Gasteiger partial charge in [0, 0.05) is 17.4 Å². The van der Waals surface area contributed by atoms with Crippen molar-refractivity contribution in [2.24, 2.45) is 11.8 Å². The molecule has 0 aliphatic heterocycles. The zero-order chi connectivity index (χ0) is 16.1. The van der Waals surface area contributed by atoms with Crippen LogP contribution in [0.15, 0.2) is 12.2 Å². The fourth-order valence-corrected chi connectivity index (χ4v) is 3.94. The molecule has 126 valence electrons. The molecule has 0 aromatic rings. The van der Waals surface area contributed by atoms with Crippen molar-refractivity contribution in [2.75, 3.05) is 0 Å². The van der Waals surface area contributed by atoms with Crippen LogP contribution in [0, 0.1) is 11.8 Å². The Bertz CT molecular complexity index is 360. The summed E-state index contributed by atoms with van der Waals surface area (Å²) < 4.78 is 0. The van der Waals surface area contributed by atoms with E-state index in [4.69, 9.17) is 0 Å². The molecule has 2 atom stereocenters. The number of carbonyl (C=O) groups excluding carboxylic acids is 1. The maximum Gasteiger partial charge on any atom is 0.252 e. The summed E-state index contributed by atoms with van der Waals surface area (Å²) in [6.07, 6.45) is 8.71. The zero-order valence-corrected chi connectivity index (χ0v) is 13.8. The van der Waals surface area contributed by atoms with E-state index in [0.29, 0.717) is 5.57 Å². The maximum absolute atomic E-state index is 12.5. The van der Waals surface area contributed by atoms with Gasteiger partial charge in [-0.1, -0.05) is 45.1 Å². The van der Waals surface area contributed by atoms with Gasteiger partial charge in [-0.3, -0.25) is 9.69 Å². The van der Waals surface area contributed by atoms with E-state index >= 15 is 0 Å². The van der Waals surface area contributed by atoms with Crippen LogP contribution in [0.3, 0.4) is 0 Å². The van der Waals surface area contributed by atoms with E-state index in [0.717, 1.165) is 51.4 Å². The Morgan fingerprint density at radius 3 is 1.59 bits per heavy atom. The lowest BCUT2D eigenvalue weighted by Gasteiger charge is -2.41. The van der Waals surface area contributed by atoms with Crippen molar-refractivity contribution in [1.82, 2.24) is 4.90 Å². The lowest BCUT2D eigenvalue weighted by atomic mass is 9.84. The van der Waals surface area contributed by atoms with Gasteiger partial charge in [0.25, 0.3) is 5.91 Å². The minimum atomic E-state index is -0.888. The molecular formula is C18H31NO3. The average molecular weight is 309 g/mol. The van der Waals surface area contributed by atoms with E-state index in [1.165, 1.54) is 17.7 Å². The van der Waals surface area contributed by atoms with Gasteiger partial charge in [0.2, 0.25) is 0 Å². The van der Waals surface area contributed by atoms with Gasteiger partial charge in [-0.25, -0.2) is 0 Å². The van der Waals surface area contributed by atoms with Gasteiger partial charge in [0.1, 0.15) is 12.5 Å². The second-order valence-electron chi connectivity index (χ2n) is 7.12. The Hall–Kier alpha value is -0.870. The summed E-state index contributed by atoms with van der Waals surface area (Å²) in [4.78, 5) is 13.8. The molecule has 2 saturated carbocycles. The van der Waals surface area contributed by atoms with Crippen molar-refractivity contribution >= 4 is 5.91 Å². The standard InChI is InChI=1S/C18H31NO3/c1-13(2)16(20)19(17(21)14-9-5-3-6-10-14)18(22)15-11-7-4-8-12-15/h14-15,17-18,21-22H,1,3-12H2,2H3. The lowest BCUT2D eigenvalue weighted by molar-refractivity contribution is -0.175. The topological polar surface area (TPSA) is 60.8 Å².